The van der Waals surface area contributed by atoms with Gasteiger partial charge in [-0.15, -0.1) is 5.10 Å². The molecule has 42 heavy (non-hydrogen) atoms. The summed E-state index contributed by atoms with van der Waals surface area (Å²) < 4.78 is 12.7. The van der Waals surface area contributed by atoms with Gasteiger partial charge in [0.25, 0.3) is 5.56 Å². The summed E-state index contributed by atoms with van der Waals surface area (Å²) in [4.78, 5) is 23.5. The molecule has 10 nitrogen and oxygen atoms in total. The third-order valence-corrected chi connectivity index (χ3v) is 7.49. The number of rotatable bonds is 10. The zero-order valence-electron chi connectivity index (χ0n) is 23.7. The minimum Gasteiger partial charge on any atom is -0.497 e. The van der Waals surface area contributed by atoms with Crippen molar-refractivity contribution < 1.29 is 9.15 Å². The van der Waals surface area contributed by atoms with E-state index in [4.69, 9.17) is 9.15 Å². The van der Waals surface area contributed by atoms with Gasteiger partial charge in [0.1, 0.15) is 24.1 Å². The highest BCUT2D eigenvalue weighted by atomic mass is 16.5. The van der Waals surface area contributed by atoms with Crippen LogP contribution in [0.4, 0.5) is 0 Å². The van der Waals surface area contributed by atoms with E-state index < -0.39 is 6.04 Å². The fourth-order valence-electron chi connectivity index (χ4n) is 5.20. The molecule has 0 bridgehead atoms. The number of hydrogen-bond acceptors (Lipinski definition) is 8. The molecule has 0 radical (unpaired) electrons. The summed E-state index contributed by atoms with van der Waals surface area (Å²) >= 11 is 0. The Balaban J connectivity index is 1.53. The average molecular weight is 562 g/mol. The van der Waals surface area contributed by atoms with E-state index in [1.165, 1.54) is 0 Å². The van der Waals surface area contributed by atoms with Gasteiger partial charge < -0.3 is 14.1 Å². The number of hydrogen-bond donors (Lipinski definition) is 1. The number of benzene rings is 2. The standard InChI is InChI=1S/C32H31N7O3/c1-21-14-25-16-28(32(40)34-29(25)15-22(21)2)30(31-35-36-37-39(31)20-27-7-5-13-42-27)38(19-24-6-4-12-33-17-24)18-23-8-10-26(41-3)11-9-23/h4-17,30H,18-20H2,1-3H3,(H,34,40)/t30-/m1/s1. The Kier molecular flexibility index (Phi) is 7.61. The Morgan fingerprint density at radius 2 is 1.81 bits per heavy atom. The molecule has 0 saturated heterocycles. The van der Waals surface area contributed by atoms with Crippen molar-refractivity contribution in [3.8, 4) is 5.75 Å². The Morgan fingerprint density at radius 1 is 1.00 bits per heavy atom. The van der Waals surface area contributed by atoms with Gasteiger partial charge in [-0.2, -0.15) is 0 Å². The lowest BCUT2D eigenvalue weighted by molar-refractivity contribution is 0.193. The Hall–Kier alpha value is -5.09. The normalized spacial score (nSPS) is 12.2. The molecule has 4 heterocycles. The molecule has 10 heteroatoms. The highest BCUT2D eigenvalue weighted by molar-refractivity contribution is 5.81. The van der Waals surface area contributed by atoms with Gasteiger partial charge in [-0.05, 0) is 100 Å². The van der Waals surface area contributed by atoms with Gasteiger partial charge in [-0.3, -0.25) is 14.7 Å². The van der Waals surface area contributed by atoms with Gasteiger partial charge >= 0.3 is 0 Å². The van der Waals surface area contributed by atoms with Crippen molar-refractivity contribution in [2.45, 2.75) is 39.5 Å². The molecule has 0 fully saturated rings. The number of H-pyrrole nitrogens is 1. The number of fused-ring (bicyclic) bond motifs is 1. The van der Waals surface area contributed by atoms with Crippen LogP contribution in [0.5, 0.6) is 5.75 Å². The predicted molar refractivity (Wildman–Crippen MR) is 158 cm³/mol. The molecule has 0 aliphatic heterocycles. The molecule has 0 aliphatic rings. The number of aromatic amines is 1. The number of aryl methyl sites for hydroxylation is 2. The first-order valence-corrected chi connectivity index (χ1v) is 13.7. The number of methoxy groups -OCH3 is 1. The minimum absolute atomic E-state index is 0.200. The van der Waals surface area contributed by atoms with Crippen LogP contribution in [0.25, 0.3) is 10.9 Å². The molecule has 0 amide bonds. The third kappa shape index (κ3) is 5.70. The van der Waals surface area contributed by atoms with E-state index in [0.717, 1.165) is 38.9 Å². The monoisotopic (exact) mass is 561 g/mol. The minimum atomic E-state index is -0.605. The van der Waals surface area contributed by atoms with E-state index in [0.29, 0.717) is 36.8 Å². The van der Waals surface area contributed by atoms with Crippen LogP contribution in [0.2, 0.25) is 0 Å². The van der Waals surface area contributed by atoms with Crippen LogP contribution < -0.4 is 10.3 Å². The second kappa shape index (κ2) is 11.8. The number of nitrogens with zero attached hydrogens (tertiary/aromatic N) is 6. The van der Waals surface area contributed by atoms with E-state index in [-0.39, 0.29) is 5.56 Å². The van der Waals surface area contributed by atoms with Crippen LogP contribution >= 0.6 is 0 Å². The van der Waals surface area contributed by atoms with Gasteiger partial charge in [-0.1, -0.05) is 18.2 Å². The largest absolute Gasteiger partial charge is 0.497 e. The van der Waals surface area contributed by atoms with E-state index in [2.05, 4.69) is 43.4 Å². The van der Waals surface area contributed by atoms with Crippen molar-refractivity contribution in [1.29, 1.82) is 0 Å². The molecule has 0 saturated carbocycles. The average Bonchev–Trinajstić information content (AvgIpc) is 3.68. The maximum atomic E-state index is 13.9. The molecule has 0 unspecified atom stereocenters. The summed E-state index contributed by atoms with van der Waals surface area (Å²) in [5, 5.41) is 13.8. The van der Waals surface area contributed by atoms with Crippen LogP contribution in [0, 0.1) is 13.8 Å². The first-order chi connectivity index (χ1) is 20.5. The lowest BCUT2D eigenvalue weighted by Gasteiger charge is -2.31. The van der Waals surface area contributed by atoms with Crippen LogP contribution in [-0.2, 0) is 19.6 Å². The van der Waals surface area contributed by atoms with Crippen LogP contribution in [0.3, 0.4) is 0 Å². The Morgan fingerprint density at radius 3 is 2.55 bits per heavy atom. The SMILES string of the molecule is COc1ccc(CN(Cc2cccnc2)[C@H](c2cc3cc(C)c(C)cc3[nH]c2=O)c2nnnn2Cc2ccco2)cc1. The topological polar surface area (TPSA) is 115 Å². The molecule has 6 aromatic rings. The van der Waals surface area contributed by atoms with Gasteiger partial charge in [0.2, 0.25) is 0 Å². The summed E-state index contributed by atoms with van der Waals surface area (Å²) in [6.45, 7) is 5.42. The number of furan rings is 1. The van der Waals surface area contributed by atoms with Gasteiger partial charge in [0.15, 0.2) is 5.82 Å². The molecule has 1 atom stereocenters. The van der Waals surface area contributed by atoms with E-state index in [1.807, 2.05) is 73.8 Å². The maximum Gasteiger partial charge on any atom is 0.253 e. The molecule has 4 aromatic heterocycles. The van der Waals surface area contributed by atoms with Crippen LogP contribution in [0.15, 0.2) is 94.6 Å². The van der Waals surface area contributed by atoms with E-state index >= 15 is 0 Å². The zero-order chi connectivity index (χ0) is 29.1. The first-order valence-electron chi connectivity index (χ1n) is 13.7. The summed E-state index contributed by atoms with van der Waals surface area (Å²) in [6, 6.07) is 21.0. The molecule has 1 N–H and O–H groups in total. The van der Waals surface area contributed by atoms with Crippen molar-refractivity contribution in [2.24, 2.45) is 0 Å². The number of aromatic nitrogens is 6. The molecule has 212 valence electrons. The molecule has 2 aromatic carbocycles. The fourth-order valence-corrected chi connectivity index (χ4v) is 5.20. The molecule has 0 aliphatic carbocycles. The zero-order valence-corrected chi connectivity index (χ0v) is 23.7. The molecule has 6 rings (SSSR count). The van der Waals surface area contributed by atoms with Crippen LogP contribution in [0.1, 0.15) is 45.4 Å². The van der Waals surface area contributed by atoms with Crippen LogP contribution in [-0.4, -0.2) is 42.2 Å². The summed E-state index contributed by atoms with van der Waals surface area (Å²) in [7, 11) is 1.65. The summed E-state index contributed by atoms with van der Waals surface area (Å²) in [5.74, 6) is 2.00. The van der Waals surface area contributed by atoms with E-state index in [1.54, 1.807) is 24.3 Å². The second-order valence-electron chi connectivity index (χ2n) is 10.4. The highest BCUT2D eigenvalue weighted by Crippen LogP contribution is 2.31. The smallest absolute Gasteiger partial charge is 0.253 e. The molecule has 0 spiro atoms. The van der Waals surface area contributed by atoms with Crippen molar-refractivity contribution in [2.75, 3.05) is 7.11 Å². The maximum absolute atomic E-state index is 13.9. The van der Waals surface area contributed by atoms with Crippen molar-refractivity contribution in [3.05, 3.63) is 135 Å². The van der Waals surface area contributed by atoms with E-state index in [9.17, 15) is 4.79 Å². The van der Waals surface area contributed by atoms with Gasteiger partial charge in [0, 0.05) is 36.6 Å². The molecular weight excluding hydrogens is 530 g/mol. The number of ether oxygens (including phenoxy) is 1. The lowest BCUT2D eigenvalue weighted by atomic mass is 9.99. The Bertz CT molecular complexity index is 1850. The summed E-state index contributed by atoms with van der Waals surface area (Å²) in [5.41, 5.74) is 5.42. The molecular formula is C32H31N7O3. The number of pyridine rings is 2. The van der Waals surface area contributed by atoms with Crippen molar-refractivity contribution in [1.82, 2.24) is 35.1 Å². The second-order valence-corrected chi connectivity index (χ2v) is 10.4. The highest BCUT2D eigenvalue weighted by Gasteiger charge is 2.31. The van der Waals surface area contributed by atoms with Crippen molar-refractivity contribution in [3.63, 3.8) is 0 Å². The Labute approximate surface area is 242 Å². The van der Waals surface area contributed by atoms with Gasteiger partial charge in [0.05, 0.1) is 13.4 Å². The quantitative estimate of drug-likeness (QED) is 0.249. The van der Waals surface area contributed by atoms with Crippen molar-refractivity contribution >= 4 is 10.9 Å². The predicted octanol–water partition coefficient (Wildman–Crippen LogP) is 4.97. The lowest BCUT2D eigenvalue weighted by Crippen LogP contribution is -2.35. The summed E-state index contributed by atoms with van der Waals surface area (Å²) in [6.07, 6.45) is 5.20. The first kappa shape index (κ1) is 27.1. The van der Waals surface area contributed by atoms with Gasteiger partial charge in [-0.25, -0.2) is 4.68 Å². The number of nitrogens with one attached hydrogen (secondary N) is 1. The third-order valence-electron chi connectivity index (χ3n) is 7.49. The number of tetrazole rings is 1. The fraction of sp³-hybridized carbons (Fsp3) is 0.219.